The monoisotopic (exact) mass is 448 g/mol. The summed E-state index contributed by atoms with van der Waals surface area (Å²) in [7, 11) is -8.10. The van der Waals surface area contributed by atoms with Crippen LogP contribution in [0.3, 0.4) is 0 Å². The van der Waals surface area contributed by atoms with Crippen molar-refractivity contribution < 1.29 is 29.9 Å². The highest BCUT2D eigenvalue weighted by molar-refractivity contribution is 7.86. The summed E-state index contributed by atoms with van der Waals surface area (Å²) < 4.78 is 62.2. The molecule has 0 aliphatic rings. The molecule has 1 aromatic rings. The van der Waals surface area contributed by atoms with E-state index in [1.165, 1.54) is 0 Å². The molecule has 0 heterocycles. The molecule has 0 aliphatic carbocycles. The summed E-state index contributed by atoms with van der Waals surface area (Å²) in [5.74, 6) is 0. The molecule has 2 atom stereocenters. The molecule has 0 amide bonds. The Kier molecular flexibility index (Phi) is 9.85. The van der Waals surface area contributed by atoms with Crippen molar-refractivity contribution in [1.82, 2.24) is 0 Å². The molecule has 0 N–H and O–H groups in total. The van der Waals surface area contributed by atoms with Gasteiger partial charge >= 0.3 is 0 Å². The largest absolute Gasteiger partial charge is 0.368 e. The number of nitrogens with zero attached hydrogens (tertiary/aromatic N) is 6. The molecule has 13 nitrogen and oxygen atoms in total. The molecule has 160 valence electrons. The van der Waals surface area contributed by atoms with Crippen LogP contribution in [0.4, 0.5) is 0 Å². The van der Waals surface area contributed by atoms with Gasteiger partial charge in [0.25, 0.3) is 20.2 Å². The number of rotatable bonds is 13. The highest BCUT2D eigenvalue weighted by Gasteiger charge is 2.36. The number of ether oxygens (including phenoxy) is 1. The summed E-state index contributed by atoms with van der Waals surface area (Å²) in [5.41, 5.74) is 17.9. The molecule has 0 spiro atoms. The molecular weight excluding hydrogens is 428 g/mol. The van der Waals surface area contributed by atoms with Crippen molar-refractivity contribution in [1.29, 1.82) is 0 Å². The average Bonchev–Trinajstić information content (AvgIpc) is 2.62. The molecule has 0 aromatic heterocycles. The van der Waals surface area contributed by atoms with Gasteiger partial charge in [-0.25, -0.2) is 0 Å². The van der Waals surface area contributed by atoms with Crippen LogP contribution in [0.25, 0.3) is 20.9 Å². The molecular formula is C14H20N6O7S2. The van der Waals surface area contributed by atoms with Gasteiger partial charge in [-0.3, -0.25) is 8.37 Å². The van der Waals surface area contributed by atoms with Gasteiger partial charge in [0.15, 0.2) is 0 Å². The van der Waals surface area contributed by atoms with Crippen molar-refractivity contribution in [3.05, 3.63) is 56.8 Å². The van der Waals surface area contributed by atoms with E-state index in [4.69, 9.17) is 24.2 Å². The minimum atomic E-state index is -4.05. The van der Waals surface area contributed by atoms with Gasteiger partial charge in [0.2, 0.25) is 0 Å². The SMILES string of the molecule is CS(=O)(=O)O[C@H](CN=[N+]=[N-])C(OCc1ccccc1)[C@@H](CN=[N+]=[N-])OS(C)(=O)=O. The van der Waals surface area contributed by atoms with Crippen molar-refractivity contribution in [2.75, 3.05) is 25.6 Å². The first-order valence-corrected chi connectivity index (χ1v) is 11.6. The maximum atomic E-state index is 11.7. The van der Waals surface area contributed by atoms with Gasteiger partial charge < -0.3 is 4.74 Å². The Hall–Kier alpha value is -2.38. The first kappa shape index (κ1) is 24.7. The summed E-state index contributed by atoms with van der Waals surface area (Å²) in [6, 6.07) is 8.69. The second-order valence-corrected chi connectivity index (χ2v) is 8.97. The third-order valence-electron chi connectivity index (χ3n) is 3.26. The van der Waals surface area contributed by atoms with Crippen LogP contribution in [0.2, 0.25) is 0 Å². The van der Waals surface area contributed by atoms with Crippen LogP contribution in [-0.2, 0) is 39.9 Å². The molecule has 0 fully saturated rings. The fourth-order valence-electron chi connectivity index (χ4n) is 2.28. The van der Waals surface area contributed by atoms with Gasteiger partial charge in [0.1, 0.15) is 18.3 Å². The lowest BCUT2D eigenvalue weighted by Gasteiger charge is -2.30. The quantitative estimate of drug-likeness (QED) is 0.190. The number of hydrogen-bond donors (Lipinski definition) is 0. The molecule has 0 saturated heterocycles. The van der Waals surface area contributed by atoms with E-state index >= 15 is 0 Å². The number of azide groups is 2. The molecule has 1 aromatic carbocycles. The Morgan fingerprint density at radius 1 is 0.897 bits per heavy atom. The predicted octanol–water partition coefficient (Wildman–Crippen LogP) is 1.88. The van der Waals surface area contributed by atoms with E-state index in [9.17, 15) is 16.8 Å². The smallest absolute Gasteiger partial charge is 0.264 e. The standard InChI is InChI=1S/C14H20N6O7S2/c1-28(21,22)26-12(8-17-19-15)14(25-10-11-6-4-3-5-7-11)13(9-18-20-16)27-29(2,23)24/h3-7,12-14H,8-10H2,1-2H3/t12-,13-/m1/s1. The normalized spacial score (nSPS) is 14.8. The minimum Gasteiger partial charge on any atom is -0.368 e. The minimum absolute atomic E-state index is 0.0781. The second-order valence-electron chi connectivity index (χ2n) is 5.77. The zero-order valence-electron chi connectivity index (χ0n) is 15.6. The number of benzene rings is 1. The maximum Gasteiger partial charge on any atom is 0.264 e. The van der Waals surface area contributed by atoms with Crippen LogP contribution in [-0.4, -0.2) is 60.7 Å². The van der Waals surface area contributed by atoms with E-state index in [1.54, 1.807) is 30.3 Å². The van der Waals surface area contributed by atoms with E-state index in [2.05, 4.69) is 20.1 Å². The summed E-state index contributed by atoms with van der Waals surface area (Å²) in [5, 5.41) is 6.59. The summed E-state index contributed by atoms with van der Waals surface area (Å²) in [6.45, 7) is -1.10. The Morgan fingerprint density at radius 2 is 1.34 bits per heavy atom. The Morgan fingerprint density at radius 3 is 1.72 bits per heavy atom. The van der Waals surface area contributed by atoms with Crippen LogP contribution in [0, 0.1) is 0 Å². The summed E-state index contributed by atoms with van der Waals surface area (Å²) in [4.78, 5) is 5.11. The van der Waals surface area contributed by atoms with Crippen molar-refractivity contribution in [2.24, 2.45) is 10.2 Å². The summed E-state index contributed by atoms with van der Waals surface area (Å²) >= 11 is 0. The number of hydrogen-bond acceptors (Lipinski definition) is 9. The first-order valence-electron chi connectivity index (χ1n) is 7.99. The zero-order valence-corrected chi connectivity index (χ0v) is 17.2. The fourth-order valence-corrected chi connectivity index (χ4v) is 3.52. The topological polar surface area (TPSA) is 193 Å². The van der Waals surface area contributed by atoms with Crippen LogP contribution in [0.1, 0.15) is 5.56 Å². The predicted molar refractivity (Wildman–Crippen MR) is 102 cm³/mol. The van der Waals surface area contributed by atoms with Gasteiger partial charge in [0, 0.05) is 9.82 Å². The molecule has 0 aliphatic heterocycles. The highest BCUT2D eigenvalue weighted by atomic mass is 32.2. The van der Waals surface area contributed by atoms with Crippen molar-refractivity contribution in [2.45, 2.75) is 24.9 Å². The van der Waals surface area contributed by atoms with Crippen LogP contribution in [0.5, 0.6) is 0 Å². The van der Waals surface area contributed by atoms with Crippen molar-refractivity contribution in [3.8, 4) is 0 Å². The zero-order chi connectivity index (χ0) is 21.9. The lowest BCUT2D eigenvalue weighted by atomic mass is 10.1. The molecule has 0 saturated carbocycles. The van der Waals surface area contributed by atoms with Crippen LogP contribution in [0.15, 0.2) is 40.6 Å². The molecule has 0 bridgehead atoms. The van der Waals surface area contributed by atoms with E-state index < -0.39 is 51.6 Å². The van der Waals surface area contributed by atoms with Gasteiger partial charge in [-0.2, -0.15) is 16.8 Å². The van der Waals surface area contributed by atoms with E-state index in [0.29, 0.717) is 5.56 Å². The lowest BCUT2D eigenvalue weighted by Crippen LogP contribution is -2.47. The third-order valence-corrected chi connectivity index (χ3v) is 4.46. The third kappa shape index (κ3) is 10.7. The lowest BCUT2D eigenvalue weighted by molar-refractivity contribution is -0.0811. The second kappa shape index (κ2) is 11.6. The highest BCUT2D eigenvalue weighted by Crippen LogP contribution is 2.19. The van der Waals surface area contributed by atoms with E-state index in [0.717, 1.165) is 12.5 Å². The van der Waals surface area contributed by atoms with Gasteiger partial charge in [0.05, 0.1) is 32.2 Å². The van der Waals surface area contributed by atoms with Gasteiger partial charge in [-0.15, -0.1) is 0 Å². The molecule has 29 heavy (non-hydrogen) atoms. The van der Waals surface area contributed by atoms with Crippen LogP contribution >= 0.6 is 0 Å². The van der Waals surface area contributed by atoms with Crippen molar-refractivity contribution in [3.63, 3.8) is 0 Å². The van der Waals surface area contributed by atoms with E-state index in [1.807, 2.05) is 0 Å². The maximum absolute atomic E-state index is 11.7. The summed E-state index contributed by atoms with van der Waals surface area (Å²) in [6.07, 6.45) is -2.72. The molecule has 1 rings (SSSR count). The van der Waals surface area contributed by atoms with E-state index in [-0.39, 0.29) is 6.61 Å². The van der Waals surface area contributed by atoms with Gasteiger partial charge in [-0.05, 0) is 16.6 Å². The molecule has 0 unspecified atom stereocenters. The van der Waals surface area contributed by atoms with Crippen LogP contribution < -0.4 is 0 Å². The molecule has 0 radical (unpaired) electrons. The average molecular weight is 448 g/mol. The van der Waals surface area contributed by atoms with Crippen molar-refractivity contribution >= 4 is 20.2 Å². The Balaban J connectivity index is 3.31. The fraction of sp³-hybridized carbons (Fsp3) is 0.571. The molecule has 15 heteroatoms. The Bertz CT molecular complexity index is 899. The first-order chi connectivity index (χ1) is 13.6. The van der Waals surface area contributed by atoms with Gasteiger partial charge in [-0.1, -0.05) is 40.6 Å². The Labute approximate surface area is 168 Å².